The number of nitrogens with one attached hydrogen (secondary N) is 1. The smallest absolute Gasteiger partial charge is 0.240 e. The normalized spacial score (nSPS) is 11.6. The van der Waals surface area contributed by atoms with Crippen LogP contribution >= 0.6 is 0 Å². The molecule has 0 unspecified atom stereocenters. The second-order valence-corrected chi connectivity index (χ2v) is 6.26. The number of hydrogen-bond acceptors (Lipinski definition) is 6. The fourth-order valence-corrected chi connectivity index (χ4v) is 3.48. The molecule has 0 aliphatic heterocycles. The summed E-state index contributed by atoms with van der Waals surface area (Å²) < 4.78 is 6.41. The molecule has 0 amide bonds. The maximum absolute atomic E-state index is 10.7. The quantitative estimate of drug-likeness (QED) is 0.453. The average Bonchev–Trinajstić information content (AvgIpc) is 3.39. The number of aromatic nitrogens is 5. The van der Waals surface area contributed by atoms with Crippen molar-refractivity contribution in [2.24, 2.45) is 0 Å². The Labute approximate surface area is 152 Å². The summed E-state index contributed by atoms with van der Waals surface area (Å²) in [6.07, 6.45) is 2.16. The van der Waals surface area contributed by atoms with Crippen LogP contribution in [0.15, 0.2) is 47.4 Å². The van der Waals surface area contributed by atoms with Crippen LogP contribution in [0.25, 0.3) is 39.0 Å². The first-order valence-corrected chi connectivity index (χ1v) is 8.49. The van der Waals surface area contributed by atoms with Gasteiger partial charge in [0.25, 0.3) is 0 Å². The third kappa shape index (κ3) is 2.20. The lowest BCUT2D eigenvalue weighted by Crippen LogP contribution is -1.98. The standard InChI is InChI=1S/C19H15N5O3/c1-2-12-17(10-3-5-14-16(7-10)23-27-22-14)24(19(26)18(12)25)11-4-6-13-15(8-11)21-9-20-13/h3-9,25-26H,2H2,1H3,(H,20,21). The van der Waals surface area contributed by atoms with Crippen LogP contribution in [0.2, 0.25) is 0 Å². The zero-order chi connectivity index (χ0) is 18.5. The van der Waals surface area contributed by atoms with E-state index < -0.39 is 0 Å². The maximum Gasteiger partial charge on any atom is 0.240 e. The minimum absolute atomic E-state index is 0.129. The summed E-state index contributed by atoms with van der Waals surface area (Å²) in [6, 6.07) is 11.1. The lowest BCUT2D eigenvalue weighted by molar-refractivity contribution is 0.315. The molecule has 3 heterocycles. The first kappa shape index (κ1) is 15.4. The first-order chi connectivity index (χ1) is 13.2. The molecule has 0 atom stereocenters. The van der Waals surface area contributed by atoms with Crippen molar-refractivity contribution in [2.45, 2.75) is 13.3 Å². The molecular weight excluding hydrogens is 346 g/mol. The number of hydrogen-bond donors (Lipinski definition) is 3. The number of aromatic amines is 1. The lowest BCUT2D eigenvalue weighted by Gasteiger charge is -2.12. The van der Waals surface area contributed by atoms with Gasteiger partial charge in [-0.25, -0.2) is 9.61 Å². The molecule has 134 valence electrons. The molecule has 0 spiro atoms. The molecule has 2 aromatic carbocycles. The Bertz CT molecular complexity index is 1300. The molecule has 5 rings (SSSR count). The van der Waals surface area contributed by atoms with E-state index in [1.54, 1.807) is 17.0 Å². The summed E-state index contributed by atoms with van der Waals surface area (Å²) in [6.45, 7) is 1.93. The minimum Gasteiger partial charge on any atom is -0.503 e. The van der Waals surface area contributed by atoms with Gasteiger partial charge in [0.15, 0.2) is 5.75 Å². The molecular formula is C19H15N5O3. The summed E-state index contributed by atoms with van der Waals surface area (Å²) in [5.74, 6) is -0.338. The third-order valence-electron chi connectivity index (χ3n) is 4.76. The van der Waals surface area contributed by atoms with Crippen LogP contribution in [0, 0.1) is 0 Å². The summed E-state index contributed by atoms with van der Waals surface area (Å²) in [5, 5.41) is 28.9. The van der Waals surface area contributed by atoms with E-state index in [-0.39, 0.29) is 11.6 Å². The van der Waals surface area contributed by atoms with Crippen molar-refractivity contribution in [3.8, 4) is 28.6 Å². The van der Waals surface area contributed by atoms with E-state index in [1.165, 1.54) is 0 Å². The zero-order valence-electron chi connectivity index (χ0n) is 14.3. The van der Waals surface area contributed by atoms with Gasteiger partial charge in [-0.05, 0) is 47.1 Å². The van der Waals surface area contributed by atoms with Crippen molar-refractivity contribution in [3.05, 3.63) is 48.3 Å². The highest BCUT2D eigenvalue weighted by Gasteiger charge is 2.24. The van der Waals surface area contributed by atoms with Crippen LogP contribution in [0.4, 0.5) is 0 Å². The van der Waals surface area contributed by atoms with E-state index in [9.17, 15) is 10.2 Å². The molecule has 0 aliphatic rings. The lowest BCUT2D eigenvalue weighted by atomic mass is 10.0. The number of rotatable bonds is 3. The Kier molecular flexibility index (Phi) is 3.20. The molecule has 5 aromatic rings. The molecule has 3 aromatic heterocycles. The molecule has 0 fully saturated rings. The fourth-order valence-electron chi connectivity index (χ4n) is 3.48. The SMILES string of the molecule is CCc1c(O)c(O)n(-c2ccc3nc[nH]c3c2)c1-c1ccc2nonc2c1. The van der Waals surface area contributed by atoms with E-state index >= 15 is 0 Å². The van der Waals surface area contributed by atoms with Crippen molar-refractivity contribution >= 4 is 22.1 Å². The molecule has 0 bridgehead atoms. The molecule has 0 aliphatic carbocycles. The molecule has 8 heteroatoms. The van der Waals surface area contributed by atoms with E-state index in [1.807, 2.05) is 37.3 Å². The van der Waals surface area contributed by atoms with Crippen molar-refractivity contribution in [1.29, 1.82) is 0 Å². The molecule has 0 radical (unpaired) electrons. The Balaban J connectivity index is 1.82. The summed E-state index contributed by atoms with van der Waals surface area (Å²) in [7, 11) is 0. The molecule has 0 saturated heterocycles. The predicted octanol–water partition coefficient (Wildman–Crippen LogP) is 3.53. The van der Waals surface area contributed by atoms with Crippen LogP contribution in [-0.4, -0.2) is 35.1 Å². The largest absolute Gasteiger partial charge is 0.503 e. The third-order valence-corrected chi connectivity index (χ3v) is 4.76. The van der Waals surface area contributed by atoms with E-state index in [2.05, 4.69) is 20.3 Å². The van der Waals surface area contributed by atoms with Gasteiger partial charge < -0.3 is 15.2 Å². The number of nitrogens with zero attached hydrogens (tertiary/aromatic N) is 4. The maximum atomic E-state index is 10.7. The number of benzene rings is 2. The van der Waals surface area contributed by atoms with Gasteiger partial charge in [0.05, 0.1) is 28.7 Å². The van der Waals surface area contributed by atoms with Gasteiger partial charge in [0.1, 0.15) is 11.0 Å². The van der Waals surface area contributed by atoms with Crippen LogP contribution < -0.4 is 0 Å². The van der Waals surface area contributed by atoms with E-state index in [0.717, 1.165) is 16.6 Å². The van der Waals surface area contributed by atoms with Gasteiger partial charge in [-0.2, -0.15) is 0 Å². The number of aromatic hydroxyl groups is 2. The van der Waals surface area contributed by atoms with E-state index in [0.29, 0.717) is 34.4 Å². The van der Waals surface area contributed by atoms with Crippen molar-refractivity contribution in [3.63, 3.8) is 0 Å². The van der Waals surface area contributed by atoms with Gasteiger partial charge in [0.2, 0.25) is 5.88 Å². The average molecular weight is 361 g/mol. The Morgan fingerprint density at radius 1 is 1.04 bits per heavy atom. The predicted molar refractivity (Wildman–Crippen MR) is 98.9 cm³/mol. The second-order valence-electron chi connectivity index (χ2n) is 6.26. The second kappa shape index (κ2) is 5.60. The van der Waals surface area contributed by atoms with Crippen molar-refractivity contribution in [1.82, 2.24) is 24.8 Å². The van der Waals surface area contributed by atoms with Crippen molar-refractivity contribution in [2.75, 3.05) is 0 Å². The Hall–Kier alpha value is -3.81. The number of imidazole rings is 1. The highest BCUT2D eigenvalue weighted by Crippen LogP contribution is 2.43. The molecule has 0 saturated carbocycles. The summed E-state index contributed by atoms with van der Waals surface area (Å²) in [5.41, 5.74) is 5.72. The molecule has 27 heavy (non-hydrogen) atoms. The van der Waals surface area contributed by atoms with Gasteiger partial charge in [0, 0.05) is 11.1 Å². The van der Waals surface area contributed by atoms with E-state index in [4.69, 9.17) is 4.63 Å². The van der Waals surface area contributed by atoms with Gasteiger partial charge in [-0.15, -0.1) is 0 Å². The minimum atomic E-state index is -0.209. The highest BCUT2D eigenvalue weighted by atomic mass is 16.6. The zero-order valence-corrected chi connectivity index (χ0v) is 14.3. The number of H-pyrrole nitrogens is 1. The Morgan fingerprint density at radius 3 is 2.70 bits per heavy atom. The monoisotopic (exact) mass is 361 g/mol. The summed E-state index contributed by atoms with van der Waals surface area (Å²) >= 11 is 0. The molecule has 8 nitrogen and oxygen atoms in total. The summed E-state index contributed by atoms with van der Waals surface area (Å²) in [4.78, 5) is 7.29. The first-order valence-electron chi connectivity index (χ1n) is 8.49. The van der Waals surface area contributed by atoms with Crippen LogP contribution in [0.1, 0.15) is 12.5 Å². The Morgan fingerprint density at radius 2 is 1.85 bits per heavy atom. The van der Waals surface area contributed by atoms with Gasteiger partial charge in [-0.3, -0.25) is 4.57 Å². The van der Waals surface area contributed by atoms with Crippen LogP contribution in [0.5, 0.6) is 11.6 Å². The molecule has 3 N–H and O–H groups in total. The van der Waals surface area contributed by atoms with Crippen LogP contribution in [-0.2, 0) is 6.42 Å². The number of fused-ring (bicyclic) bond motifs is 2. The fraction of sp³-hybridized carbons (Fsp3) is 0.105. The van der Waals surface area contributed by atoms with Crippen LogP contribution in [0.3, 0.4) is 0 Å². The highest BCUT2D eigenvalue weighted by molar-refractivity contribution is 5.84. The van der Waals surface area contributed by atoms with Gasteiger partial charge in [-0.1, -0.05) is 13.0 Å². The van der Waals surface area contributed by atoms with Crippen molar-refractivity contribution < 1.29 is 14.8 Å². The topological polar surface area (TPSA) is 113 Å². The van der Waals surface area contributed by atoms with Gasteiger partial charge >= 0.3 is 0 Å².